The summed E-state index contributed by atoms with van der Waals surface area (Å²) in [4.78, 5) is 2.46. The maximum atomic E-state index is 5.34. The summed E-state index contributed by atoms with van der Waals surface area (Å²) < 4.78 is 5.15. The van der Waals surface area contributed by atoms with Crippen LogP contribution in [0.2, 0.25) is 0 Å². The number of nitrogens with one attached hydrogen (secondary N) is 2. The Bertz CT molecular complexity index is 687. The molecule has 2 aromatic carbocycles. The number of ether oxygens (including phenoxy) is 1. The highest BCUT2D eigenvalue weighted by Gasteiger charge is 2.17. The zero-order chi connectivity index (χ0) is 16.8. The summed E-state index contributed by atoms with van der Waals surface area (Å²) in [5.41, 5.74) is 3.81. The van der Waals surface area contributed by atoms with Crippen molar-refractivity contribution in [3.8, 4) is 5.75 Å². The molecule has 0 radical (unpaired) electrons. The number of benzene rings is 2. The molecule has 0 saturated carbocycles. The van der Waals surface area contributed by atoms with Crippen molar-refractivity contribution in [2.45, 2.75) is 12.8 Å². The Morgan fingerprint density at radius 2 is 1.96 bits per heavy atom. The second-order valence-electron chi connectivity index (χ2n) is 5.83. The van der Waals surface area contributed by atoms with Crippen molar-refractivity contribution in [1.82, 2.24) is 5.32 Å². The summed E-state index contributed by atoms with van der Waals surface area (Å²) in [6.45, 7) is 3.03. The average molecular weight is 341 g/mol. The SMILES string of the molecule is COc1ccc(NC(=S)NCCCN2CCc3ccccc32)cc1. The molecule has 0 bridgehead atoms. The first-order valence-corrected chi connectivity index (χ1v) is 8.69. The molecule has 0 unspecified atom stereocenters. The molecule has 0 spiro atoms. The summed E-state index contributed by atoms with van der Waals surface area (Å²) in [5.74, 6) is 0.838. The standard InChI is InChI=1S/C19H23N3OS/c1-23-17-9-7-16(8-10-17)21-19(24)20-12-4-13-22-14-11-15-5-2-3-6-18(15)22/h2-3,5-10H,4,11-14H2,1H3,(H2,20,21,24). The fourth-order valence-corrected chi connectivity index (χ4v) is 3.18. The van der Waals surface area contributed by atoms with E-state index >= 15 is 0 Å². The molecule has 126 valence electrons. The molecule has 2 N–H and O–H groups in total. The number of fused-ring (bicyclic) bond motifs is 1. The number of hydrogen-bond donors (Lipinski definition) is 2. The lowest BCUT2D eigenvalue weighted by atomic mass is 10.2. The molecule has 1 heterocycles. The third-order valence-electron chi connectivity index (χ3n) is 4.22. The monoisotopic (exact) mass is 341 g/mol. The highest BCUT2D eigenvalue weighted by Crippen LogP contribution is 2.27. The molecule has 0 aliphatic carbocycles. The maximum Gasteiger partial charge on any atom is 0.170 e. The van der Waals surface area contributed by atoms with Crippen LogP contribution >= 0.6 is 12.2 Å². The van der Waals surface area contributed by atoms with Crippen molar-refractivity contribution in [1.29, 1.82) is 0 Å². The topological polar surface area (TPSA) is 36.5 Å². The Morgan fingerprint density at radius 3 is 2.75 bits per heavy atom. The summed E-state index contributed by atoms with van der Waals surface area (Å²) in [7, 11) is 1.66. The maximum absolute atomic E-state index is 5.34. The van der Waals surface area contributed by atoms with Crippen LogP contribution in [0.4, 0.5) is 11.4 Å². The Morgan fingerprint density at radius 1 is 1.17 bits per heavy atom. The molecule has 2 aromatic rings. The van der Waals surface area contributed by atoms with Crippen LogP contribution in [0.1, 0.15) is 12.0 Å². The van der Waals surface area contributed by atoms with Crippen LogP contribution in [0.15, 0.2) is 48.5 Å². The van der Waals surface area contributed by atoms with Crippen LogP contribution in [0.25, 0.3) is 0 Å². The Labute approximate surface area is 148 Å². The van der Waals surface area contributed by atoms with Crippen LogP contribution < -0.4 is 20.3 Å². The van der Waals surface area contributed by atoms with Crippen molar-refractivity contribution in [3.05, 3.63) is 54.1 Å². The fourth-order valence-electron chi connectivity index (χ4n) is 2.96. The number of anilines is 2. The Hall–Kier alpha value is -2.27. The average Bonchev–Trinajstić information content (AvgIpc) is 3.03. The normalized spacial score (nSPS) is 12.6. The minimum atomic E-state index is 0.655. The van der Waals surface area contributed by atoms with Crippen molar-refractivity contribution in [3.63, 3.8) is 0 Å². The van der Waals surface area contributed by atoms with E-state index in [0.717, 1.165) is 43.9 Å². The van der Waals surface area contributed by atoms with Gasteiger partial charge in [0.25, 0.3) is 0 Å². The number of hydrogen-bond acceptors (Lipinski definition) is 3. The van der Waals surface area contributed by atoms with Gasteiger partial charge in [0.2, 0.25) is 0 Å². The number of rotatable bonds is 6. The van der Waals surface area contributed by atoms with E-state index in [4.69, 9.17) is 17.0 Å². The zero-order valence-corrected chi connectivity index (χ0v) is 14.7. The highest BCUT2D eigenvalue weighted by atomic mass is 32.1. The van der Waals surface area contributed by atoms with E-state index in [-0.39, 0.29) is 0 Å². The molecule has 1 aliphatic rings. The first-order valence-electron chi connectivity index (χ1n) is 8.28. The van der Waals surface area contributed by atoms with Gasteiger partial charge in [0.15, 0.2) is 5.11 Å². The first-order chi connectivity index (χ1) is 11.8. The van der Waals surface area contributed by atoms with Crippen molar-refractivity contribution < 1.29 is 4.74 Å². The smallest absolute Gasteiger partial charge is 0.170 e. The zero-order valence-electron chi connectivity index (χ0n) is 13.9. The van der Waals surface area contributed by atoms with Crippen LogP contribution in [0.3, 0.4) is 0 Å². The number of nitrogens with zero attached hydrogens (tertiary/aromatic N) is 1. The van der Waals surface area contributed by atoms with Gasteiger partial charge >= 0.3 is 0 Å². The Balaban J connectivity index is 1.38. The highest BCUT2D eigenvalue weighted by molar-refractivity contribution is 7.80. The van der Waals surface area contributed by atoms with E-state index in [2.05, 4.69) is 39.8 Å². The lowest BCUT2D eigenvalue weighted by Gasteiger charge is -2.19. The Kier molecular flexibility index (Phi) is 5.54. The van der Waals surface area contributed by atoms with Gasteiger partial charge in [0.05, 0.1) is 7.11 Å². The lowest BCUT2D eigenvalue weighted by Crippen LogP contribution is -2.32. The third-order valence-corrected chi connectivity index (χ3v) is 4.47. The van der Waals surface area contributed by atoms with Crippen LogP contribution in [0, 0.1) is 0 Å². The van der Waals surface area contributed by atoms with Gasteiger partial charge in [-0.05, 0) is 61.0 Å². The van der Waals surface area contributed by atoms with Gasteiger partial charge in [-0.2, -0.15) is 0 Å². The predicted molar refractivity (Wildman–Crippen MR) is 104 cm³/mol. The van der Waals surface area contributed by atoms with Gasteiger partial charge in [-0.3, -0.25) is 0 Å². The van der Waals surface area contributed by atoms with Crippen LogP contribution in [0.5, 0.6) is 5.75 Å². The predicted octanol–water partition coefficient (Wildman–Crippen LogP) is 3.43. The quantitative estimate of drug-likeness (QED) is 0.622. The lowest BCUT2D eigenvalue weighted by molar-refractivity contribution is 0.415. The van der Waals surface area contributed by atoms with E-state index in [0.29, 0.717) is 5.11 Å². The molecule has 4 nitrogen and oxygen atoms in total. The second-order valence-corrected chi connectivity index (χ2v) is 6.24. The molecule has 0 fully saturated rings. The number of para-hydroxylation sites is 1. The summed E-state index contributed by atoms with van der Waals surface area (Å²) in [6.07, 6.45) is 2.21. The van der Waals surface area contributed by atoms with Crippen LogP contribution in [-0.2, 0) is 6.42 Å². The van der Waals surface area contributed by atoms with Crippen molar-refractivity contribution in [2.75, 3.05) is 37.0 Å². The van der Waals surface area contributed by atoms with E-state index in [1.807, 2.05) is 24.3 Å². The third kappa shape index (κ3) is 4.17. The molecule has 5 heteroatoms. The second kappa shape index (κ2) is 8.02. The minimum absolute atomic E-state index is 0.655. The van der Waals surface area contributed by atoms with Gasteiger partial charge in [0.1, 0.15) is 5.75 Å². The fraction of sp³-hybridized carbons (Fsp3) is 0.316. The van der Waals surface area contributed by atoms with Gasteiger partial charge in [-0.1, -0.05) is 18.2 Å². The molecule has 0 saturated heterocycles. The first kappa shape index (κ1) is 16.6. The van der Waals surface area contributed by atoms with Gasteiger partial charge in [-0.25, -0.2) is 0 Å². The molecule has 24 heavy (non-hydrogen) atoms. The van der Waals surface area contributed by atoms with Crippen molar-refractivity contribution >= 4 is 28.7 Å². The largest absolute Gasteiger partial charge is 0.497 e. The molecular formula is C19H23N3OS. The molecule has 0 aromatic heterocycles. The van der Waals surface area contributed by atoms with E-state index < -0.39 is 0 Å². The number of methoxy groups -OCH3 is 1. The molecular weight excluding hydrogens is 318 g/mol. The molecule has 1 aliphatic heterocycles. The van der Waals surface area contributed by atoms with Gasteiger partial charge < -0.3 is 20.3 Å². The van der Waals surface area contributed by atoms with Crippen LogP contribution in [-0.4, -0.2) is 31.9 Å². The number of thiocarbonyl (C=S) groups is 1. The van der Waals surface area contributed by atoms with E-state index in [1.54, 1.807) is 7.11 Å². The molecule has 3 rings (SSSR count). The van der Waals surface area contributed by atoms with Gasteiger partial charge in [0, 0.05) is 31.0 Å². The summed E-state index contributed by atoms with van der Waals surface area (Å²) in [5, 5.41) is 7.11. The summed E-state index contributed by atoms with van der Waals surface area (Å²) >= 11 is 5.34. The summed E-state index contributed by atoms with van der Waals surface area (Å²) in [6, 6.07) is 16.4. The van der Waals surface area contributed by atoms with Crippen molar-refractivity contribution in [2.24, 2.45) is 0 Å². The van der Waals surface area contributed by atoms with Gasteiger partial charge in [-0.15, -0.1) is 0 Å². The van der Waals surface area contributed by atoms with E-state index in [1.165, 1.54) is 11.3 Å². The minimum Gasteiger partial charge on any atom is -0.497 e. The molecule has 0 amide bonds. The molecule has 0 atom stereocenters. The van der Waals surface area contributed by atoms with E-state index in [9.17, 15) is 0 Å².